The van der Waals surface area contributed by atoms with Gasteiger partial charge in [0.15, 0.2) is 5.16 Å². The Labute approximate surface area is 198 Å². The highest BCUT2D eigenvalue weighted by molar-refractivity contribution is 7.99. The molecule has 0 saturated carbocycles. The van der Waals surface area contributed by atoms with Crippen molar-refractivity contribution in [3.8, 4) is 0 Å². The van der Waals surface area contributed by atoms with E-state index in [1.165, 1.54) is 4.57 Å². The number of nitrogens with one attached hydrogen (secondary N) is 2. The van der Waals surface area contributed by atoms with Gasteiger partial charge in [0.05, 0.1) is 23.2 Å². The molecular formula is C24H19ClN4O3S. The number of hydrogen-bond acceptors (Lipinski definition) is 5. The minimum absolute atomic E-state index is 0.0462. The maximum absolute atomic E-state index is 13.2. The summed E-state index contributed by atoms with van der Waals surface area (Å²) in [6, 6.07) is 23.0. The zero-order valence-electron chi connectivity index (χ0n) is 17.3. The van der Waals surface area contributed by atoms with Crippen molar-refractivity contribution in [2.24, 2.45) is 0 Å². The molecule has 0 atom stereocenters. The van der Waals surface area contributed by atoms with E-state index in [0.717, 1.165) is 17.3 Å². The van der Waals surface area contributed by atoms with Gasteiger partial charge in [0.2, 0.25) is 5.91 Å². The Bertz CT molecular complexity index is 1360. The molecule has 3 aromatic carbocycles. The molecule has 0 aliphatic heterocycles. The van der Waals surface area contributed by atoms with Crippen LogP contribution in [0.5, 0.6) is 0 Å². The van der Waals surface area contributed by atoms with Gasteiger partial charge < -0.3 is 0 Å². The van der Waals surface area contributed by atoms with Crippen molar-refractivity contribution < 1.29 is 9.59 Å². The zero-order valence-corrected chi connectivity index (χ0v) is 18.9. The summed E-state index contributed by atoms with van der Waals surface area (Å²) in [4.78, 5) is 42.2. The number of amides is 2. The first-order valence-electron chi connectivity index (χ1n) is 10.0. The van der Waals surface area contributed by atoms with E-state index in [1.54, 1.807) is 48.5 Å². The first-order valence-corrected chi connectivity index (χ1v) is 11.4. The quantitative estimate of drug-likeness (QED) is 0.251. The summed E-state index contributed by atoms with van der Waals surface area (Å²) in [7, 11) is 0. The molecule has 0 aliphatic carbocycles. The third kappa shape index (κ3) is 5.60. The number of aromatic nitrogens is 2. The predicted molar refractivity (Wildman–Crippen MR) is 129 cm³/mol. The van der Waals surface area contributed by atoms with E-state index >= 15 is 0 Å². The molecule has 4 rings (SSSR count). The van der Waals surface area contributed by atoms with Gasteiger partial charge in [-0.15, -0.1) is 0 Å². The van der Waals surface area contributed by atoms with E-state index in [1.807, 2.05) is 30.3 Å². The van der Waals surface area contributed by atoms with Crippen molar-refractivity contribution in [3.63, 3.8) is 0 Å². The monoisotopic (exact) mass is 478 g/mol. The van der Waals surface area contributed by atoms with Crippen LogP contribution in [-0.2, 0) is 11.3 Å². The van der Waals surface area contributed by atoms with Crippen LogP contribution in [0, 0.1) is 0 Å². The summed E-state index contributed by atoms with van der Waals surface area (Å²) in [6.07, 6.45) is 0. The Morgan fingerprint density at radius 2 is 1.64 bits per heavy atom. The van der Waals surface area contributed by atoms with Crippen molar-refractivity contribution in [3.05, 3.63) is 105 Å². The molecule has 0 radical (unpaired) electrons. The molecule has 0 fully saturated rings. The summed E-state index contributed by atoms with van der Waals surface area (Å²) < 4.78 is 1.52. The number of benzene rings is 3. The summed E-state index contributed by atoms with van der Waals surface area (Å²) in [5.41, 5.74) is 6.37. The Balaban J connectivity index is 1.52. The number of fused-ring (bicyclic) bond motifs is 1. The first kappa shape index (κ1) is 22.6. The molecular weight excluding hydrogens is 460 g/mol. The van der Waals surface area contributed by atoms with E-state index < -0.39 is 11.8 Å². The van der Waals surface area contributed by atoms with E-state index in [-0.39, 0.29) is 11.3 Å². The third-order valence-electron chi connectivity index (χ3n) is 4.75. The molecule has 9 heteroatoms. The molecule has 0 bridgehead atoms. The molecule has 1 aromatic heterocycles. The van der Waals surface area contributed by atoms with Crippen LogP contribution < -0.4 is 16.4 Å². The molecule has 0 aliphatic rings. The number of hydrazine groups is 1. The predicted octanol–water partition coefficient (Wildman–Crippen LogP) is 3.65. The highest BCUT2D eigenvalue weighted by atomic mass is 35.5. The highest BCUT2D eigenvalue weighted by Crippen LogP contribution is 2.21. The fraction of sp³-hybridized carbons (Fsp3) is 0.0833. The van der Waals surface area contributed by atoms with Gasteiger partial charge in [-0.05, 0) is 35.9 Å². The lowest BCUT2D eigenvalue weighted by Gasteiger charge is -2.13. The average Bonchev–Trinajstić information content (AvgIpc) is 2.84. The Hall–Kier alpha value is -3.62. The molecule has 0 unspecified atom stereocenters. The summed E-state index contributed by atoms with van der Waals surface area (Å²) in [6.45, 7) is 0.295. The topological polar surface area (TPSA) is 93.1 Å². The van der Waals surface area contributed by atoms with Crippen molar-refractivity contribution >= 4 is 46.1 Å². The molecule has 0 saturated heterocycles. The minimum atomic E-state index is -0.430. The summed E-state index contributed by atoms with van der Waals surface area (Å²) in [5.74, 6) is -0.897. The van der Waals surface area contributed by atoms with Crippen LogP contribution in [0.3, 0.4) is 0 Å². The largest absolute Gasteiger partial charge is 0.283 e. The van der Waals surface area contributed by atoms with Crippen LogP contribution in [0.1, 0.15) is 15.9 Å². The molecule has 2 N–H and O–H groups in total. The number of carbonyl (C=O) groups is 2. The zero-order chi connectivity index (χ0) is 23.2. The Morgan fingerprint density at radius 1 is 0.939 bits per heavy atom. The smallest absolute Gasteiger partial charge is 0.269 e. The van der Waals surface area contributed by atoms with Crippen LogP contribution >= 0.6 is 23.4 Å². The fourth-order valence-corrected chi connectivity index (χ4v) is 4.11. The van der Waals surface area contributed by atoms with E-state index in [4.69, 9.17) is 11.6 Å². The molecule has 1 heterocycles. The molecule has 0 spiro atoms. The van der Waals surface area contributed by atoms with Gasteiger partial charge in [-0.1, -0.05) is 71.9 Å². The second kappa shape index (κ2) is 10.3. The maximum atomic E-state index is 13.2. The van der Waals surface area contributed by atoms with Gasteiger partial charge in [-0.2, -0.15) is 0 Å². The van der Waals surface area contributed by atoms with Crippen molar-refractivity contribution in [1.82, 2.24) is 20.4 Å². The van der Waals surface area contributed by atoms with E-state index in [2.05, 4.69) is 15.8 Å². The molecule has 33 heavy (non-hydrogen) atoms. The lowest BCUT2D eigenvalue weighted by atomic mass is 10.2. The van der Waals surface area contributed by atoms with Gasteiger partial charge in [0.25, 0.3) is 11.5 Å². The number of halogens is 1. The number of hydrogen-bond donors (Lipinski definition) is 2. The minimum Gasteiger partial charge on any atom is -0.283 e. The lowest BCUT2D eigenvalue weighted by molar-refractivity contribution is -0.119. The summed E-state index contributed by atoms with van der Waals surface area (Å²) in [5, 5.41) is 1.24. The maximum Gasteiger partial charge on any atom is 0.269 e. The molecule has 4 aromatic rings. The number of rotatable bonds is 6. The molecule has 2 amide bonds. The van der Waals surface area contributed by atoms with Crippen LogP contribution in [0.15, 0.2) is 88.8 Å². The van der Waals surface area contributed by atoms with Crippen LogP contribution in [0.4, 0.5) is 0 Å². The van der Waals surface area contributed by atoms with Crippen LogP contribution in [0.2, 0.25) is 5.02 Å². The Kier molecular flexibility index (Phi) is 7.07. The van der Waals surface area contributed by atoms with Gasteiger partial charge in [0.1, 0.15) is 0 Å². The molecule has 7 nitrogen and oxygen atoms in total. The van der Waals surface area contributed by atoms with Gasteiger partial charge in [-0.25, -0.2) is 4.98 Å². The molecule has 166 valence electrons. The van der Waals surface area contributed by atoms with Crippen LogP contribution in [0.25, 0.3) is 10.9 Å². The average molecular weight is 479 g/mol. The van der Waals surface area contributed by atoms with Crippen molar-refractivity contribution in [1.29, 1.82) is 0 Å². The number of nitrogens with zero attached hydrogens (tertiary/aromatic N) is 2. The van der Waals surface area contributed by atoms with E-state index in [0.29, 0.717) is 33.2 Å². The highest BCUT2D eigenvalue weighted by Gasteiger charge is 2.15. The number of thioether (sulfide) groups is 1. The second-order valence-corrected chi connectivity index (χ2v) is 8.47. The van der Waals surface area contributed by atoms with E-state index in [9.17, 15) is 14.4 Å². The SMILES string of the molecule is O=C(CSc1nc2ccc(Cl)cc2c(=O)n1Cc1ccccc1)NNC(=O)c1ccccc1. The normalized spacial score (nSPS) is 10.7. The second-order valence-electron chi connectivity index (χ2n) is 7.09. The van der Waals surface area contributed by atoms with Crippen LogP contribution in [-0.4, -0.2) is 27.1 Å². The van der Waals surface area contributed by atoms with Gasteiger partial charge in [0, 0.05) is 10.6 Å². The summed E-state index contributed by atoms with van der Waals surface area (Å²) >= 11 is 7.19. The van der Waals surface area contributed by atoms with Gasteiger partial charge in [-0.3, -0.25) is 29.8 Å². The van der Waals surface area contributed by atoms with Crippen molar-refractivity contribution in [2.75, 3.05) is 5.75 Å². The third-order valence-corrected chi connectivity index (χ3v) is 5.96. The first-order chi connectivity index (χ1) is 16.0. The lowest BCUT2D eigenvalue weighted by Crippen LogP contribution is -2.42. The fourth-order valence-electron chi connectivity index (χ4n) is 3.14. The van der Waals surface area contributed by atoms with Gasteiger partial charge >= 0.3 is 0 Å². The number of carbonyl (C=O) groups excluding carboxylic acids is 2. The standard InChI is InChI=1S/C24H19ClN4O3S/c25-18-11-12-20-19(13-18)23(32)29(14-16-7-3-1-4-8-16)24(26-20)33-15-21(30)27-28-22(31)17-9-5-2-6-10-17/h1-13H,14-15H2,(H,27,30)(H,28,31). The Morgan fingerprint density at radius 3 is 2.36 bits per heavy atom. The van der Waals surface area contributed by atoms with Crippen molar-refractivity contribution in [2.45, 2.75) is 11.7 Å².